The number of carboxylic acid groups (broad SMARTS) is 1. The molecule has 4 rings (SSSR count). The molecule has 2 N–H and O–H groups in total. The van der Waals surface area contributed by atoms with Crippen molar-refractivity contribution in [1.82, 2.24) is 15.0 Å². The molecular weight excluding hydrogens is 344 g/mol. The molecule has 0 atom stereocenters. The van der Waals surface area contributed by atoms with Crippen molar-refractivity contribution in [1.29, 1.82) is 0 Å². The highest BCUT2D eigenvalue weighted by Crippen LogP contribution is 2.34. The zero-order chi connectivity index (χ0) is 18.6. The highest BCUT2D eigenvalue weighted by Gasteiger charge is 2.18. The van der Waals surface area contributed by atoms with E-state index in [1.165, 1.54) is 0 Å². The molecule has 7 nitrogen and oxygen atoms in total. The number of anilines is 1. The Morgan fingerprint density at radius 3 is 2.63 bits per heavy atom. The predicted molar refractivity (Wildman–Crippen MR) is 100 cm³/mol. The summed E-state index contributed by atoms with van der Waals surface area (Å²) in [7, 11) is 0. The van der Waals surface area contributed by atoms with Crippen LogP contribution >= 0.6 is 0 Å². The third-order valence-electron chi connectivity index (χ3n) is 4.04. The van der Waals surface area contributed by atoms with Gasteiger partial charge in [-0.3, -0.25) is 9.78 Å². The highest BCUT2D eigenvalue weighted by atomic mass is 16.4. The largest absolute Gasteiger partial charge is 0.481 e. The van der Waals surface area contributed by atoms with Crippen LogP contribution in [0.4, 0.5) is 5.82 Å². The van der Waals surface area contributed by atoms with E-state index in [2.05, 4.69) is 20.3 Å². The zero-order valence-electron chi connectivity index (χ0n) is 14.3. The Morgan fingerprint density at radius 2 is 1.89 bits per heavy atom. The van der Waals surface area contributed by atoms with Gasteiger partial charge in [-0.15, -0.1) is 0 Å². The SMILES string of the molecule is O=C(O)Cc1nc(NCc2ccccn2)c2c(-c3ccccc3)coc2n1. The number of nitrogens with zero attached hydrogens (tertiary/aromatic N) is 3. The van der Waals surface area contributed by atoms with E-state index in [0.29, 0.717) is 23.5 Å². The minimum atomic E-state index is -1.00. The molecular formula is C20H16N4O3. The number of nitrogens with one attached hydrogen (secondary N) is 1. The van der Waals surface area contributed by atoms with Gasteiger partial charge in [0.15, 0.2) is 0 Å². The van der Waals surface area contributed by atoms with Crippen LogP contribution in [-0.4, -0.2) is 26.0 Å². The summed E-state index contributed by atoms with van der Waals surface area (Å²) in [6.07, 6.45) is 3.05. The van der Waals surface area contributed by atoms with Gasteiger partial charge in [0.2, 0.25) is 5.71 Å². The standard InChI is InChI=1S/C20H16N4O3/c25-17(26)10-16-23-19(22-11-14-8-4-5-9-21-14)18-15(12-27-20(18)24-16)13-6-2-1-3-7-13/h1-9,12H,10-11H2,(H,25,26)(H,22,23,24). The quantitative estimate of drug-likeness (QED) is 0.542. The van der Waals surface area contributed by atoms with Gasteiger partial charge in [-0.1, -0.05) is 36.4 Å². The molecule has 0 bridgehead atoms. The summed E-state index contributed by atoms with van der Waals surface area (Å²) in [6, 6.07) is 15.4. The van der Waals surface area contributed by atoms with Crippen molar-refractivity contribution in [3.8, 4) is 11.1 Å². The second-order valence-electron chi connectivity index (χ2n) is 5.93. The third-order valence-corrected chi connectivity index (χ3v) is 4.04. The lowest BCUT2D eigenvalue weighted by molar-refractivity contribution is -0.136. The lowest BCUT2D eigenvalue weighted by atomic mass is 10.1. The zero-order valence-corrected chi connectivity index (χ0v) is 14.3. The molecule has 0 amide bonds. The first-order valence-corrected chi connectivity index (χ1v) is 8.40. The average Bonchev–Trinajstić information content (AvgIpc) is 3.11. The lowest BCUT2D eigenvalue weighted by Gasteiger charge is -2.09. The van der Waals surface area contributed by atoms with Crippen LogP contribution in [0.3, 0.4) is 0 Å². The minimum absolute atomic E-state index is 0.187. The summed E-state index contributed by atoms with van der Waals surface area (Å²) in [4.78, 5) is 24.1. The van der Waals surface area contributed by atoms with Gasteiger partial charge in [0.25, 0.3) is 0 Å². The fraction of sp³-hybridized carbons (Fsp3) is 0.100. The number of pyridine rings is 1. The van der Waals surface area contributed by atoms with Gasteiger partial charge in [-0.25, -0.2) is 4.98 Å². The van der Waals surface area contributed by atoms with Crippen molar-refractivity contribution >= 4 is 22.9 Å². The lowest BCUT2D eigenvalue weighted by Crippen LogP contribution is -2.09. The second-order valence-corrected chi connectivity index (χ2v) is 5.93. The summed E-state index contributed by atoms with van der Waals surface area (Å²) in [5.74, 6) is -0.290. The van der Waals surface area contributed by atoms with Crippen molar-refractivity contribution in [3.05, 3.63) is 72.5 Å². The number of carboxylic acids is 1. The fourth-order valence-electron chi connectivity index (χ4n) is 2.84. The highest BCUT2D eigenvalue weighted by molar-refractivity contribution is 5.99. The Kier molecular flexibility index (Phi) is 4.49. The van der Waals surface area contributed by atoms with Gasteiger partial charge >= 0.3 is 5.97 Å². The summed E-state index contributed by atoms with van der Waals surface area (Å²) >= 11 is 0. The van der Waals surface area contributed by atoms with Gasteiger partial charge in [0.1, 0.15) is 24.3 Å². The Bertz CT molecular complexity index is 1080. The van der Waals surface area contributed by atoms with Crippen LogP contribution in [0.1, 0.15) is 11.5 Å². The van der Waals surface area contributed by atoms with Crippen LogP contribution < -0.4 is 5.32 Å². The van der Waals surface area contributed by atoms with Crippen LogP contribution in [0.5, 0.6) is 0 Å². The maximum absolute atomic E-state index is 11.1. The number of carbonyl (C=O) groups is 1. The van der Waals surface area contributed by atoms with E-state index in [1.807, 2.05) is 48.5 Å². The maximum Gasteiger partial charge on any atom is 0.311 e. The molecule has 0 saturated heterocycles. The van der Waals surface area contributed by atoms with E-state index < -0.39 is 5.97 Å². The van der Waals surface area contributed by atoms with Crippen LogP contribution in [-0.2, 0) is 17.8 Å². The van der Waals surface area contributed by atoms with Gasteiger partial charge in [-0.05, 0) is 17.7 Å². The van der Waals surface area contributed by atoms with Crippen LogP contribution in [0.25, 0.3) is 22.2 Å². The first-order chi connectivity index (χ1) is 13.2. The average molecular weight is 360 g/mol. The first kappa shape index (κ1) is 16.7. The molecule has 0 saturated carbocycles. The molecule has 4 aromatic rings. The van der Waals surface area contributed by atoms with E-state index in [0.717, 1.165) is 16.8 Å². The number of aliphatic carboxylic acids is 1. The van der Waals surface area contributed by atoms with E-state index >= 15 is 0 Å². The van der Waals surface area contributed by atoms with Gasteiger partial charge in [-0.2, -0.15) is 4.98 Å². The molecule has 0 aliphatic rings. The van der Waals surface area contributed by atoms with E-state index in [-0.39, 0.29) is 12.2 Å². The maximum atomic E-state index is 11.1. The number of hydrogen-bond acceptors (Lipinski definition) is 6. The third kappa shape index (κ3) is 3.62. The molecule has 0 aliphatic heterocycles. The number of rotatable bonds is 6. The van der Waals surface area contributed by atoms with Crippen LogP contribution in [0.2, 0.25) is 0 Å². The smallest absolute Gasteiger partial charge is 0.311 e. The van der Waals surface area contributed by atoms with E-state index in [4.69, 9.17) is 9.52 Å². The number of fused-ring (bicyclic) bond motifs is 1. The Balaban J connectivity index is 1.79. The molecule has 0 fully saturated rings. The van der Waals surface area contributed by atoms with Gasteiger partial charge in [0, 0.05) is 11.8 Å². The Hall–Kier alpha value is -3.74. The van der Waals surface area contributed by atoms with Gasteiger partial charge in [0.05, 0.1) is 17.6 Å². The molecule has 0 radical (unpaired) electrons. The molecule has 0 spiro atoms. The van der Waals surface area contributed by atoms with Crippen molar-refractivity contribution in [2.24, 2.45) is 0 Å². The molecule has 3 aromatic heterocycles. The molecule has 3 heterocycles. The molecule has 134 valence electrons. The number of benzene rings is 1. The summed E-state index contributed by atoms with van der Waals surface area (Å²) in [5.41, 5.74) is 3.00. The molecule has 7 heteroatoms. The number of hydrogen-bond donors (Lipinski definition) is 2. The topological polar surface area (TPSA) is 101 Å². The normalized spacial score (nSPS) is 10.8. The van der Waals surface area contributed by atoms with Crippen LogP contribution in [0, 0.1) is 0 Å². The van der Waals surface area contributed by atoms with Gasteiger partial charge < -0.3 is 14.8 Å². The predicted octanol–water partition coefficient (Wildman–Crippen LogP) is 3.52. The first-order valence-electron chi connectivity index (χ1n) is 8.40. The van der Waals surface area contributed by atoms with E-state index in [9.17, 15) is 4.79 Å². The number of furan rings is 1. The van der Waals surface area contributed by atoms with Crippen molar-refractivity contribution < 1.29 is 14.3 Å². The molecule has 27 heavy (non-hydrogen) atoms. The van der Waals surface area contributed by atoms with Crippen LogP contribution in [0.15, 0.2) is 65.4 Å². The molecule has 1 aromatic carbocycles. The second kappa shape index (κ2) is 7.25. The monoisotopic (exact) mass is 360 g/mol. The fourth-order valence-corrected chi connectivity index (χ4v) is 2.84. The Labute approximate surface area is 154 Å². The minimum Gasteiger partial charge on any atom is -0.481 e. The molecule has 0 aliphatic carbocycles. The van der Waals surface area contributed by atoms with E-state index in [1.54, 1.807) is 12.5 Å². The van der Waals surface area contributed by atoms with Crippen molar-refractivity contribution in [2.75, 3.05) is 5.32 Å². The Morgan fingerprint density at radius 1 is 1.07 bits per heavy atom. The summed E-state index contributed by atoms with van der Waals surface area (Å²) in [6.45, 7) is 0.443. The number of aromatic nitrogens is 3. The molecule has 0 unspecified atom stereocenters. The van der Waals surface area contributed by atoms with Crippen molar-refractivity contribution in [2.45, 2.75) is 13.0 Å². The van der Waals surface area contributed by atoms with Crippen molar-refractivity contribution in [3.63, 3.8) is 0 Å². The summed E-state index contributed by atoms with van der Waals surface area (Å²) < 4.78 is 5.62. The summed E-state index contributed by atoms with van der Waals surface area (Å²) in [5, 5.41) is 13.0.